The molecule has 1 aromatic rings. The van der Waals surface area contributed by atoms with Gasteiger partial charge in [-0.3, -0.25) is 9.69 Å². The molecule has 1 fully saturated rings. The lowest BCUT2D eigenvalue weighted by molar-refractivity contribution is 0.0649. The van der Waals surface area contributed by atoms with E-state index in [1.54, 1.807) is 24.3 Å². The van der Waals surface area contributed by atoms with E-state index in [9.17, 15) is 4.79 Å². The predicted molar refractivity (Wildman–Crippen MR) is 78.8 cm³/mol. The Hall–Kier alpha value is -1.03. The molecule has 5 heteroatoms. The third-order valence-electron chi connectivity index (χ3n) is 3.13. The van der Waals surface area contributed by atoms with Gasteiger partial charge in [-0.1, -0.05) is 35.8 Å². The first-order valence-electron chi connectivity index (χ1n) is 6.17. The summed E-state index contributed by atoms with van der Waals surface area (Å²) in [6.45, 7) is 7.41. The summed E-state index contributed by atoms with van der Waals surface area (Å²) < 4.78 is 0. The van der Waals surface area contributed by atoms with Gasteiger partial charge in [0.25, 0.3) is 5.91 Å². The van der Waals surface area contributed by atoms with Crippen LogP contribution in [0.4, 0.5) is 0 Å². The fourth-order valence-corrected chi connectivity index (χ4v) is 2.52. The van der Waals surface area contributed by atoms with Crippen molar-refractivity contribution in [3.05, 3.63) is 46.5 Å². The number of halogens is 2. The van der Waals surface area contributed by atoms with E-state index in [4.69, 9.17) is 23.2 Å². The van der Waals surface area contributed by atoms with Crippen molar-refractivity contribution in [2.45, 2.75) is 0 Å². The zero-order chi connectivity index (χ0) is 13.8. The number of carbonyl (C=O) groups is 1. The number of carbonyl (C=O) groups excluding carboxylic acids is 1. The summed E-state index contributed by atoms with van der Waals surface area (Å²) in [5.41, 5.74) is 0.641. The summed E-state index contributed by atoms with van der Waals surface area (Å²) in [4.78, 5) is 16.3. The summed E-state index contributed by atoms with van der Waals surface area (Å²) in [5.74, 6) is 0.0341. The van der Waals surface area contributed by atoms with Crippen molar-refractivity contribution < 1.29 is 4.79 Å². The Kier molecular flexibility index (Phi) is 4.86. The minimum Gasteiger partial charge on any atom is -0.336 e. The molecule has 1 aromatic carbocycles. The molecule has 0 aromatic heterocycles. The second-order valence-electron chi connectivity index (χ2n) is 4.60. The van der Waals surface area contributed by atoms with Gasteiger partial charge in [-0.15, -0.1) is 0 Å². The van der Waals surface area contributed by atoms with E-state index in [2.05, 4.69) is 11.5 Å². The fraction of sp³-hybridized carbons (Fsp3) is 0.357. The van der Waals surface area contributed by atoms with Crippen LogP contribution < -0.4 is 0 Å². The van der Waals surface area contributed by atoms with Crippen molar-refractivity contribution in [2.75, 3.05) is 32.7 Å². The molecule has 1 amide bonds. The van der Waals surface area contributed by atoms with Crippen LogP contribution in [0, 0.1) is 0 Å². The number of amides is 1. The van der Waals surface area contributed by atoms with Gasteiger partial charge in [-0.2, -0.15) is 0 Å². The van der Waals surface area contributed by atoms with Crippen LogP contribution in [0.2, 0.25) is 5.02 Å². The average molecular weight is 299 g/mol. The lowest BCUT2D eigenvalue weighted by atomic mass is 10.2. The molecule has 0 aliphatic carbocycles. The first-order chi connectivity index (χ1) is 9.06. The van der Waals surface area contributed by atoms with E-state index >= 15 is 0 Å². The van der Waals surface area contributed by atoms with Crippen LogP contribution >= 0.6 is 23.2 Å². The Morgan fingerprint density at radius 2 is 1.95 bits per heavy atom. The SMILES string of the molecule is C=C(Cl)CN1CCN(C(=O)c2cccc(Cl)c2)CC1. The van der Waals surface area contributed by atoms with Gasteiger partial charge >= 0.3 is 0 Å². The molecule has 1 heterocycles. The van der Waals surface area contributed by atoms with E-state index in [0.29, 0.717) is 35.3 Å². The molecule has 1 saturated heterocycles. The summed E-state index contributed by atoms with van der Waals surface area (Å²) in [6.07, 6.45) is 0. The van der Waals surface area contributed by atoms with Crippen molar-refractivity contribution in [2.24, 2.45) is 0 Å². The Morgan fingerprint density at radius 1 is 1.26 bits per heavy atom. The van der Waals surface area contributed by atoms with Crippen LogP contribution in [0.15, 0.2) is 35.9 Å². The normalized spacial score (nSPS) is 16.4. The summed E-state index contributed by atoms with van der Waals surface area (Å²) in [6, 6.07) is 7.06. The van der Waals surface area contributed by atoms with Gasteiger partial charge in [0.05, 0.1) is 0 Å². The molecular formula is C14H16Cl2N2O. The Labute approximate surface area is 123 Å². The van der Waals surface area contributed by atoms with Gasteiger partial charge in [-0.25, -0.2) is 0 Å². The number of rotatable bonds is 3. The van der Waals surface area contributed by atoms with Crippen LogP contribution in [0.1, 0.15) is 10.4 Å². The molecule has 3 nitrogen and oxygen atoms in total. The van der Waals surface area contributed by atoms with Crippen molar-refractivity contribution in [1.82, 2.24) is 9.80 Å². The smallest absolute Gasteiger partial charge is 0.253 e. The zero-order valence-electron chi connectivity index (χ0n) is 10.6. The largest absolute Gasteiger partial charge is 0.336 e. The fourth-order valence-electron chi connectivity index (χ4n) is 2.16. The second-order valence-corrected chi connectivity index (χ2v) is 5.57. The molecule has 0 saturated carbocycles. The quantitative estimate of drug-likeness (QED) is 0.857. The third kappa shape index (κ3) is 3.96. The standard InChI is InChI=1S/C14H16Cl2N2O/c1-11(15)10-17-5-7-18(8-6-17)14(19)12-3-2-4-13(16)9-12/h2-4,9H,1,5-8,10H2. The van der Waals surface area contributed by atoms with Gasteiger partial charge in [0, 0.05) is 48.3 Å². The van der Waals surface area contributed by atoms with Gasteiger partial charge < -0.3 is 4.90 Å². The highest BCUT2D eigenvalue weighted by molar-refractivity contribution is 6.31. The first-order valence-corrected chi connectivity index (χ1v) is 6.92. The monoisotopic (exact) mass is 298 g/mol. The molecule has 0 unspecified atom stereocenters. The minimum atomic E-state index is 0.0341. The molecular weight excluding hydrogens is 283 g/mol. The summed E-state index contributed by atoms with van der Waals surface area (Å²) in [5, 5.41) is 1.22. The maximum Gasteiger partial charge on any atom is 0.253 e. The molecule has 0 N–H and O–H groups in total. The topological polar surface area (TPSA) is 23.6 Å². The van der Waals surface area contributed by atoms with E-state index in [1.165, 1.54) is 0 Å². The maximum atomic E-state index is 12.3. The van der Waals surface area contributed by atoms with Crippen molar-refractivity contribution in [1.29, 1.82) is 0 Å². The Bertz CT molecular complexity index is 482. The van der Waals surface area contributed by atoms with Crippen LogP contribution in [-0.4, -0.2) is 48.4 Å². The van der Waals surface area contributed by atoms with E-state index in [-0.39, 0.29) is 5.91 Å². The van der Waals surface area contributed by atoms with Crippen LogP contribution in [-0.2, 0) is 0 Å². The third-order valence-corrected chi connectivity index (χ3v) is 3.48. The molecule has 19 heavy (non-hydrogen) atoms. The van der Waals surface area contributed by atoms with Gasteiger partial charge in [-0.05, 0) is 18.2 Å². The number of hydrogen-bond donors (Lipinski definition) is 0. The number of hydrogen-bond acceptors (Lipinski definition) is 2. The number of benzene rings is 1. The zero-order valence-corrected chi connectivity index (χ0v) is 12.1. The number of piperazine rings is 1. The maximum absolute atomic E-state index is 12.3. The van der Waals surface area contributed by atoms with Crippen molar-refractivity contribution in [3.8, 4) is 0 Å². The molecule has 0 atom stereocenters. The summed E-state index contributed by atoms with van der Waals surface area (Å²) >= 11 is 11.7. The lowest BCUT2D eigenvalue weighted by Crippen LogP contribution is -2.48. The average Bonchev–Trinajstić information content (AvgIpc) is 2.38. The number of nitrogens with zero attached hydrogens (tertiary/aromatic N) is 2. The molecule has 2 rings (SSSR count). The van der Waals surface area contributed by atoms with E-state index < -0.39 is 0 Å². The van der Waals surface area contributed by atoms with Crippen molar-refractivity contribution in [3.63, 3.8) is 0 Å². The highest BCUT2D eigenvalue weighted by Gasteiger charge is 2.22. The van der Waals surface area contributed by atoms with E-state index in [1.807, 2.05) is 4.90 Å². The Morgan fingerprint density at radius 3 is 2.53 bits per heavy atom. The van der Waals surface area contributed by atoms with Gasteiger partial charge in [0.1, 0.15) is 0 Å². The van der Waals surface area contributed by atoms with Crippen LogP contribution in [0.3, 0.4) is 0 Å². The van der Waals surface area contributed by atoms with Gasteiger partial charge in [0.15, 0.2) is 0 Å². The predicted octanol–water partition coefficient (Wildman–Crippen LogP) is 2.85. The first kappa shape index (κ1) is 14.4. The minimum absolute atomic E-state index is 0.0341. The molecule has 0 bridgehead atoms. The highest BCUT2D eigenvalue weighted by atomic mass is 35.5. The Balaban J connectivity index is 1.94. The van der Waals surface area contributed by atoms with Crippen molar-refractivity contribution >= 4 is 29.1 Å². The van der Waals surface area contributed by atoms with Crippen LogP contribution in [0.5, 0.6) is 0 Å². The summed E-state index contributed by atoms with van der Waals surface area (Å²) in [7, 11) is 0. The lowest BCUT2D eigenvalue weighted by Gasteiger charge is -2.34. The van der Waals surface area contributed by atoms with Crippen LogP contribution in [0.25, 0.3) is 0 Å². The molecule has 0 radical (unpaired) electrons. The highest BCUT2D eigenvalue weighted by Crippen LogP contribution is 2.14. The second kappa shape index (κ2) is 6.42. The molecule has 1 aliphatic rings. The van der Waals surface area contributed by atoms with Gasteiger partial charge in [0.2, 0.25) is 0 Å². The molecule has 1 aliphatic heterocycles. The molecule has 102 valence electrons. The molecule has 0 spiro atoms. The van der Waals surface area contributed by atoms with E-state index in [0.717, 1.165) is 13.1 Å².